The maximum Gasteiger partial charge on any atom is 0.334 e. The standard InChI is InChI=1S/C30H31NO8/c1-19(2)29(31-15-5-6-28(31)35)30(36)39-25-14-10-21(17-27(25)38-4)8-12-23(33)18-22(32)11-7-20-9-13-24(34)26(16-20)37-3/h5-14,16-17,19,29,34H,15,18H2,1-4H3/b11-7+,12-8+. The van der Waals surface area contributed by atoms with E-state index in [0.717, 1.165) is 0 Å². The average Bonchev–Trinajstić information content (AvgIpc) is 3.32. The highest BCUT2D eigenvalue weighted by Gasteiger charge is 2.34. The van der Waals surface area contributed by atoms with Crippen LogP contribution in [0, 0.1) is 5.92 Å². The van der Waals surface area contributed by atoms with E-state index in [1.54, 1.807) is 36.4 Å². The van der Waals surface area contributed by atoms with Gasteiger partial charge in [-0.05, 0) is 53.5 Å². The summed E-state index contributed by atoms with van der Waals surface area (Å²) in [5.74, 6) is -1.04. The van der Waals surface area contributed by atoms with Crippen molar-refractivity contribution in [1.29, 1.82) is 0 Å². The lowest BCUT2D eigenvalue weighted by Crippen LogP contribution is -2.47. The van der Waals surface area contributed by atoms with Crippen LogP contribution < -0.4 is 14.2 Å². The Morgan fingerprint density at radius 2 is 1.51 bits per heavy atom. The third-order valence-electron chi connectivity index (χ3n) is 5.93. The van der Waals surface area contributed by atoms with Crippen molar-refractivity contribution in [1.82, 2.24) is 4.90 Å². The van der Waals surface area contributed by atoms with Crippen molar-refractivity contribution in [3.8, 4) is 23.0 Å². The third-order valence-corrected chi connectivity index (χ3v) is 5.93. The van der Waals surface area contributed by atoms with Crippen LogP contribution in [-0.2, 0) is 19.2 Å². The number of methoxy groups -OCH3 is 2. The number of phenolic OH excluding ortho intramolecular Hbond substituents is 1. The fourth-order valence-electron chi connectivity index (χ4n) is 3.97. The first-order chi connectivity index (χ1) is 18.6. The summed E-state index contributed by atoms with van der Waals surface area (Å²) in [5, 5.41) is 9.65. The zero-order valence-electron chi connectivity index (χ0n) is 22.2. The molecule has 1 atom stereocenters. The first kappa shape index (κ1) is 28.9. The Bertz CT molecular complexity index is 1340. The third kappa shape index (κ3) is 7.67. The minimum absolute atomic E-state index is 0.0139. The summed E-state index contributed by atoms with van der Waals surface area (Å²) in [4.78, 5) is 51.0. The fraction of sp³-hybridized carbons (Fsp3) is 0.267. The molecule has 1 aliphatic heterocycles. The topological polar surface area (TPSA) is 119 Å². The Hall–Kier alpha value is -4.66. The molecule has 204 valence electrons. The predicted octanol–water partition coefficient (Wildman–Crippen LogP) is 3.99. The van der Waals surface area contributed by atoms with Crippen LogP contribution in [0.3, 0.4) is 0 Å². The molecule has 2 aromatic rings. The van der Waals surface area contributed by atoms with Crippen molar-refractivity contribution in [2.75, 3.05) is 20.8 Å². The van der Waals surface area contributed by atoms with Gasteiger partial charge in [-0.25, -0.2) is 4.79 Å². The van der Waals surface area contributed by atoms with Gasteiger partial charge in [0.15, 0.2) is 34.6 Å². The van der Waals surface area contributed by atoms with Gasteiger partial charge in [-0.15, -0.1) is 0 Å². The molecular formula is C30H31NO8. The van der Waals surface area contributed by atoms with E-state index in [1.807, 2.05) is 13.8 Å². The number of hydrogen-bond acceptors (Lipinski definition) is 8. The molecule has 2 aromatic carbocycles. The van der Waals surface area contributed by atoms with Crippen LogP contribution in [0.25, 0.3) is 12.2 Å². The van der Waals surface area contributed by atoms with Gasteiger partial charge in [0.05, 0.1) is 20.6 Å². The first-order valence-electron chi connectivity index (χ1n) is 12.3. The molecule has 0 bridgehead atoms. The number of phenols is 1. The SMILES string of the molecule is COc1cc(/C=C/C(=O)CC(=O)/C=C/c2ccc(OC(=O)C(C(C)C)N3CC=CC3=O)c(OC)c2)ccc1O. The van der Waals surface area contributed by atoms with Crippen LogP contribution in [-0.4, -0.2) is 60.3 Å². The number of carbonyl (C=O) groups excluding carboxylic acids is 4. The summed E-state index contributed by atoms with van der Waals surface area (Å²) in [6.07, 6.45) is 8.45. The van der Waals surface area contributed by atoms with E-state index < -0.39 is 17.8 Å². The van der Waals surface area contributed by atoms with E-state index in [0.29, 0.717) is 17.7 Å². The van der Waals surface area contributed by atoms with Crippen LogP contribution in [0.5, 0.6) is 23.0 Å². The maximum absolute atomic E-state index is 12.9. The van der Waals surface area contributed by atoms with Crippen LogP contribution in [0.15, 0.2) is 60.7 Å². The number of benzene rings is 2. The molecule has 1 N–H and O–H groups in total. The van der Waals surface area contributed by atoms with Gasteiger partial charge in [0.1, 0.15) is 6.04 Å². The number of ether oxygens (including phenoxy) is 3. The van der Waals surface area contributed by atoms with Crippen molar-refractivity contribution in [2.24, 2.45) is 5.92 Å². The van der Waals surface area contributed by atoms with E-state index in [1.165, 1.54) is 55.6 Å². The summed E-state index contributed by atoms with van der Waals surface area (Å²) < 4.78 is 16.0. The molecule has 1 heterocycles. The quantitative estimate of drug-likeness (QED) is 0.188. The number of aromatic hydroxyl groups is 1. The van der Waals surface area contributed by atoms with Crippen LogP contribution in [0.1, 0.15) is 31.4 Å². The number of allylic oxidation sites excluding steroid dienone is 2. The van der Waals surface area contributed by atoms with E-state index in [4.69, 9.17) is 14.2 Å². The van der Waals surface area contributed by atoms with Gasteiger partial charge < -0.3 is 24.2 Å². The molecule has 0 spiro atoms. The Morgan fingerprint density at radius 3 is 2.05 bits per heavy atom. The molecule has 1 unspecified atom stereocenters. The number of nitrogens with zero attached hydrogens (tertiary/aromatic N) is 1. The number of esters is 1. The van der Waals surface area contributed by atoms with Crippen LogP contribution >= 0.6 is 0 Å². The molecule has 39 heavy (non-hydrogen) atoms. The highest BCUT2D eigenvalue weighted by atomic mass is 16.6. The second kappa shape index (κ2) is 13.2. The first-order valence-corrected chi connectivity index (χ1v) is 12.3. The molecule has 1 amide bonds. The second-order valence-electron chi connectivity index (χ2n) is 9.12. The zero-order chi connectivity index (χ0) is 28.5. The highest BCUT2D eigenvalue weighted by molar-refractivity contribution is 6.10. The monoisotopic (exact) mass is 533 g/mol. The Kier molecular flexibility index (Phi) is 9.80. The van der Waals surface area contributed by atoms with Crippen molar-refractivity contribution < 1.29 is 38.5 Å². The Morgan fingerprint density at radius 1 is 0.923 bits per heavy atom. The molecule has 0 aliphatic carbocycles. The summed E-state index contributed by atoms with van der Waals surface area (Å²) >= 11 is 0. The number of ketones is 2. The maximum atomic E-state index is 12.9. The zero-order valence-corrected chi connectivity index (χ0v) is 22.2. The number of amides is 1. The van der Waals surface area contributed by atoms with Gasteiger partial charge in [-0.3, -0.25) is 14.4 Å². The minimum Gasteiger partial charge on any atom is -0.504 e. The molecule has 0 fully saturated rings. The molecule has 0 saturated heterocycles. The predicted molar refractivity (Wildman–Crippen MR) is 145 cm³/mol. The lowest BCUT2D eigenvalue weighted by Gasteiger charge is -2.29. The molecule has 1 aliphatic rings. The van der Waals surface area contributed by atoms with Gasteiger partial charge in [0.25, 0.3) is 0 Å². The molecule has 9 nitrogen and oxygen atoms in total. The molecule has 3 rings (SSSR count). The van der Waals surface area contributed by atoms with Gasteiger partial charge in [-0.1, -0.05) is 44.2 Å². The summed E-state index contributed by atoms with van der Waals surface area (Å²) in [6.45, 7) is 4.02. The normalized spacial score (nSPS) is 13.9. The molecule has 9 heteroatoms. The fourth-order valence-corrected chi connectivity index (χ4v) is 3.97. The summed E-state index contributed by atoms with van der Waals surface area (Å²) in [6, 6.07) is 8.66. The second-order valence-corrected chi connectivity index (χ2v) is 9.12. The number of hydrogen-bond donors (Lipinski definition) is 1. The van der Waals surface area contributed by atoms with Crippen molar-refractivity contribution in [2.45, 2.75) is 26.3 Å². The van der Waals surface area contributed by atoms with Crippen LogP contribution in [0.2, 0.25) is 0 Å². The number of carbonyl (C=O) groups is 4. The smallest absolute Gasteiger partial charge is 0.334 e. The van der Waals surface area contributed by atoms with E-state index in [9.17, 15) is 24.3 Å². The number of rotatable bonds is 12. The largest absolute Gasteiger partial charge is 0.504 e. The molecule has 0 aromatic heterocycles. The average molecular weight is 534 g/mol. The van der Waals surface area contributed by atoms with E-state index in [2.05, 4.69) is 0 Å². The van der Waals surface area contributed by atoms with Gasteiger partial charge in [0.2, 0.25) is 5.91 Å². The minimum atomic E-state index is -0.753. The lowest BCUT2D eigenvalue weighted by molar-refractivity contribution is -0.147. The van der Waals surface area contributed by atoms with Gasteiger partial charge in [0, 0.05) is 12.6 Å². The summed E-state index contributed by atoms with van der Waals surface area (Å²) in [7, 11) is 2.85. The van der Waals surface area contributed by atoms with Crippen molar-refractivity contribution >= 4 is 35.6 Å². The van der Waals surface area contributed by atoms with E-state index in [-0.39, 0.29) is 47.0 Å². The Balaban J connectivity index is 1.62. The van der Waals surface area contributed by atoms with Crippen molar-refractivity contribution in [3.05, 3.63) is 71.8 Å². The summed E-state index contributed by atoms with van der Waals surface area (Å²) in [5.41, 5.74) is 1.23. The van der Waals surface area contributed by atoms with Gasteiger partial charge in [-0.2, -0.15) is 0 Å². The molecule has 0 saturated carbocycles. The highest BCUT2D eigenvalue weighted by Crippen LogP contribution is 2.30. The van der Waals surface area contributed by atoms with Gasteiger partial charge >= 0.3 is 5.97 Å². The van der Waals surface area contributed by atoms with E-state index >= 15 is 0 Å². The van der Waals surface area contributed by atoms with Crippen LogP contribution in [0.4, 0.5) is 0 Å². The molecule has 0 radical (unpaired) electrons. The molecular weight excluding hydrogens is 502 g/mol. The van der Waals surface area contributed by atoms with Crippen molar-refractivity contribution in [3.63, 3.8) is 0 Å². The lowest BCUT2D eigenvalue weighted by atomic mass is 10.0. The Labute approximate surface area is 227 Å².